The average Bonchev–Trinajstić information content (AvgIpc) is 1.84. The molecule has 0 aromatic carbocycles. The number of hydrogen-bond donors (Lipinski definition) is 0. The highest BCUT2D eigenvalue weighted by Gasteiger charge is 2.19. The van der Waals surface area contributed by atoms with Crippen LogP contribution < -0.4 is 0 Å². The van der Waals surface area contributed by atoms with Gasteiger partial charge in [-0.25, -0.2) is 0 Å². The third-order valence-electron chi connectivity index (χ3n) is 1.17. The lowest BCUT2D eigenvalue weighted by Gasteiger charge is -2.14. The van der Waals surface area contributed by atoms with E-state index in [1.165, 1.54) is 13.8 Å². The van der Waals surface area contributed by atoms with E-state index >= 15 is 0 Å². The van der Waals surface area contributed by atoms with Gasteiger partial charge in [0, 0.05) is 0 Å². The molecule has 2 unspecified atom stereocenters. The molecule has 0 radical (unpaired) electrons. The minimum Gasteiger partial charge on any atom is -0.309 e. The first-order valence-electron chi connectivity index (χ1n) is 3.05. The van der Waals surface area contributed by atoms with Crippen molar-refractivity contribution in [2.45, 2.75) is 26.1 Å². The van der Waals surface area contributed by atoms with E-state index in [1.807, 2.05) is 0 Å². The summed E-state index contributed by atoms with van der Waals surface area (Å²) in [6.45, 7) is 2.61. The molecule has 0 aromatic rings. The molecule has 0 heterocycles. The fourth-order valence-electron chi connectivity index (χ4n) is 0.443. The molecular formula is C4H8N2O6. The molecule has 2 atom stereocenters. The summed E-state index contributed by atoms with van der Waals surface area (Å²) in [7, 11) is 0. The van der Waals surface area contributed by atoms with Gasteiger partial charge in [0.1, 0.15) is 12.2 Å². The Bertz CT molecular complexity index is 162. The van der Waals surface area contributed by atoms with Crippen molar-refractivity contribution >= 4 is 0 Å². The molecule has 0 bridgehead atoms. The molecule has 0 spiro atoms. The van der Waals surface area contributed by atoms with Crippen LogP contribution in [-0.4, -0.2) is 22.4 Å². The first-order valence-corrected chi connectivity index (χ1v) is 3.05. The molecule has 8 heteroatoms. The topological polar surface area (TPSA) is 105 Å². The van der Waals surface area contributed by atoms with Crippen LogP contribution in [0.2, 0.25) is 0 Å². The molecule has 0 N–H and O–H groups in total. The highest BCUT2D eigenvalue weighted by Crippen LogP contribution is 2.02. The molecular weight excluding hydrogens is 172 g/mol. The minimum atomic E-state index is -1.02. The fraction of sp³-hybridized carbons (Fsp3) is 1.00. The lowest BCUT2D eigenvalue weighted by molar-refractivity contribution is -0.797. The highest BCUT2D eigenvalue weighted by molar-refractivity contribution is 4.54. The van der Waals surface area contributed by atoms with Crippen molar-refractivity contribution in [2.24, 2.45) is 0 Å². The maximum absolute atomic E-state index is 9.76. The van der Waals surface area contributed by atoms with E-state index in [4.69, 9.17) is 0 Å². The predicted molar refractivity (Wildman–Crippen MR) is 35.1 cm³/mol. The summed E-state index contributed by atoms with van der Waals surface area (Å²) in [6, 6.07) is 0. The first-order chi connectivity index (χ1) is 5.43. The zero-order chi connectivity index (χ0) is 9.72. The Labute approximate surface area is 67.3 Å². The Morgan fingerprint density at radius 1 is 1.00 bits per heavy atom. The lowest BCUT2D eigenvalue weighted by Crippen LogP contribution is -2.30. The zero-order valence-corrected chi connectivity index (χ0v) is 6.50. The molecule has 0 aromatic heterocycles. The van der Waals surface area contributed by atoms with Crippen molar-refractivity contribution in [3.63, 3.8) is 0 Å². The van der Waals surface area contributed by atoms with Gasteiger partial charge in [-0.1, -0.05) is 0 Å². The molecule has 0 saturated carbocycles. The summed E-state index contributed by atoms with van der Waals surface area (Å²) in [5.41, 5.74) is 0. The molecule has 0 rings (SSSR count). The first kappa shape index (κ1) is 10.4. The second kappa shape index (κ2) is 4.31. The van der Waals surface area contributed by atoms with Crippen LogP contribution in [0.25, 0.3) is 0 Å². The number of hydrogen-bond acceptors (Lipinski definition) is 6. The highest BCUT2D eigenvalue weighted by atomic mass is 17.0. The summed E-state index contributed by atoms with van der Waals surface area (Å²) < 4.78 is 0. The van der Waals surface area contributed by atoms with E-state index < -0.39 is 22.4 Å². The Morgan fingerprint density at radius 3 is 1.42 bits per heavy atom. The van der Waals surface area contributed by atoms with Crippen LogP contribution in [-0.2, 0) is 9.68 Å². The third kappa shape index (κ3) is 4.25. The zero-order valence-electron chi connectivity index (χ0n) is 6.50. The second-order valence-corrected chi connectivity index (χ2v) is 2.07. The van der Waals surface area contributed by atoms with Crippen LogP contribution in [0, 0.1) is 20.2 Å². The Hall–Kier alpha value is -1.60. The van der Waals surface area contributed by atoms with E-state index in [0.29, 0.717) is 0 Å². The van der Waals surface area contributed by atoms with E-state index in [9.17, 15) is 20.2 Å². The van der Waals surface area contributed by atoms with E-state index in [2.05, 4.69) is 9.68 Å². The van der Waals surface area contributed by atoms with E-state index in [-0.39, 0.29) is 0 Å². The van der Waals surface area contributed by atoms with Crippen LogP contribution >= 0.6 is 0 Å². The smallest absolute Gasteiger partial charge is 0.294 e. The molecule has 0 saturated heterocycles. The SMILES string of the molecule is CC(O[N+](=O)[O-])C(C)O[N+](=O)[O-]. The van der Waals surface area contributed by atoms with Gasteiger partial charge in [0.05, 0.1) is 0 Å². The van der Waals surface area contributed by atoms with Gasteiger partial charge in [-0.15, -0.1) is 20.2 Å². The second-order valence-electron chi connectivity index (χ2n) is 2.07. The molecule has 0 aliphatic carbocycles. The van der Waals surface area contributed by atoms with Gasteiger partial charge in [0.25, 0.3) is 10.2 Å². The van der Waals surface area contributed by atoms with Crippen LogP contribution in [0.1, 0.15) is 13.8 Å². The van der Waals surface area contributed by atoms with Crippen LogP contribution in [0.5, 0.6) is 0 Å². The summed E-state index contributed by atoms with van der Waals surface area (Å²) in [6.07, 6.45) is -1.93. The summed E-state index contributed by atoms with van der Waals surface area (Å²) in [5.74, 6) is 0. The van der Waals surface area contributed by atoms with Gasteiger partial charge in [0.15, 0.2) is 0 Å². The van der Waals surface area contributed by atoms with Crippen molar-refractivity contribution in [1.82, 2.24) is 0 Å². The van der Waals surface area contributed by atoms with Gasteiger partial charge in [0.2, 0.25) is 0 Å². The van der Waals surface area contributed by atoms with Crippen LogP contribution in [0.15, 0.2) is 0 Å². The number of nitrogens with zero attached hydrogens (tertiary/aromatic N) is 2. The molecule has 8 nitrogen and oxygen atoms in total. The average molecular weight is 180 g/mol. The summed E-state index contributed by atoms with van der Waals surface area (Å²) in [4.78, 5) is 27.5. The van der Waals surface area contributed by atoms with E-state index in [0.717, 1.165) is 0 Å². The van der Waals surface area contributed by atoms with E-state index in [1.54, 1.807) is 0 Å². The Morgan fingerprint density at radius 2 is 1.25 bits per heavy atom. The van der Waals surface area contributed by atoms with Crippen molar-refractivity contribution in [3.8, 4) is 0 Å². The molecule has 12 heavy (non-hydrogen) atoms. The maximum Gasteiger partial charge on any atom is 0.294 e. The predicted octanol–water partition coefficient (Wildman–Crippen LogP) is 0.180. The van der Waals surface area contributed by atoms with Crippen LogP contribution in [0.4, 0.5) is 0 Å². The third-order valence-corrected chi connectivity index (χ3v) is 1.17. The molecule has 0 aliphatic rings. The van der Waals surface area contributed by atoms with Crippen molar-refractivity contribution in [2.75, 3.05) is 0 Å². The van der Waals surface area contributed by atoms with Gasteiger partial charge >= 0.3 is 0 Å². The van der Waals surface area contributed by atoms with Crippen LogP contribution in [0.3, 0.4) is 0 Å². The van der Waals surface area contributed by atoms with Gasteiger partial charge in [-0.3, -0.25) is 0 Å². The molecule has 0 fully saturated rings. The fourth-order valence-corrected chi connectivity index (χ4v) is 0.443. The Balaban J connectivity index is 3.83. The largest absolute Gasteiger partial charge is 0.309 e. The number of rotatable bonds is 5. The normalized spacial score (nSPS) is 14.5. The van der Waals surface area contributed by atoms with Crippen molar-refractivity contribution < 1.29 is 19.8 Å². The van der Waals surface area contributed by atoms with Gasteiger partial charge in [-0.2, -0.15) is 0 Å². The summed E-state index contributed by atoms with van der Waals surface area (Å²) in [5, 5.41) is 17.5. The van der Waals surface area contributed by atoms with Crippen molar-refractivity contribution in [3.05, 3.63) is 20.2 Å². The molecule has 70 valence electrons. The minimum absolute atomic E-state index is 0.967. The Kier molecular flexibility index (Phi) is 3.74. The molecule has 0 aliphatic heterocycles. The lowest BCUT2D eigenvalue weighted by atomic mass is 10.3. The maximum atomic E-state index is 9.76. The summed E-state index contributed by atoms with van der Waals surface area (Å²) >= 11 is 0. The van der Waals surface area contributed by atoms with Gasteiger partial charge < -0.3 is 9.68 Å². The quantitative estimate of drug-likeness (QED) is 0.441. The molecule has 0 amide bonds. The van der Waals surface area contributed by atoms with Gasteiger partial charge in [-0.05, 0) is 13.8 Å². The monoisotopic (exact) mass is 180 g/mol. The standard InChI is InChI=1S/C4H8N2O6/c1-3(11-5(7)8)4(2)12-6(9)10/h3-4H,1-2H3. The van der Waals surface area contributed by atoms with Crippen molar-refractivity contribution in [1.29, 1.82) is 0 Å².